The molecule has 0 radical (unpaired) electrons. The first-order valence-corrected chi connectivity index (χ1v) is 6.79. The van der Waals surface area contributed by atoms with Crippen LogP contribution in [0.1, 0.15) is 21.5 Å². The van der Waals surface area contributed by atoms with E-state index >= 15 is 0 Å². The van der Waals surface area contributed by atoms with Crippen LogP contribution in [0.4, 0.5) is 5.69 Å². The van der Waals surface area contributed by atoms with Crippen molar-refractivity contribution in [2.75, 3.05) is 11.9 Å². The zero-order chi connectivity index (χ0) is 16.1. The maximum atomic E-state index is 11.9. The first kappa shape index (κ1) is 15.6. The Labute approximate surface area is 128 Å². The number of carboxylic acids is 1. The van der Waals surface area contributed by atoms with Gasteiger partial charge in [-0.15, -0.1) is 0 Å². The van der Waals surface area contributed by atoms with E-state index in [2.05, 4.69) is 5.32 Å². The Morgan fingerprint density at radius 2 is 1.86 bits per heavy atom. The smallest absolute Gasteiger partial charge is 0.337 e. The molecule has 0 unspecified atom stereocenters. The van der Waals surface area contributed by atoms with Gasteiger partial charge >= 0.3 is 5.97 Å². The van der Waals surface area contributed by atoms with Gasteiger partial charge in [-0.25, -0.2) is 4.79 Å². The molecule has 2 aromatic rings. The molecule has 0 aromatic heterocycles. The van der Waals surface area contributed by atoms with Crippen molar-refractivity contribution in [3.63, 3.8) is 0 Å². The minimum absolute atomic E-state index is 0.0439. The number of amides is 1. The Hall–Kier alpha value is -2.82. The van der Waals surface area contributed by atoms with Gasteiger partial charge in [0.2, 0.25) is 0 Å². The van der Waals surface area contributed by atoms with Crippen LogP contribution in [0.5, 0.6) is 5.75 Å². The average molecular weight is 299 g/mol. The highest BCUT2D eigenvalue weighted by Gasteiger charge is 2.12. The monoisotopic (exact) mass is 299 g/mol. The summed E-state index contributed by atoms with van der Waals surface area (Å²) in [6.45, 7) is 3.70. The predicted octanol–water partition coefficient (Wildman–Crippen LogP) is 3.02. The number of carbonyl (C=O) groups is 2. The zero-order valence-corrected chi connectivity index (χ0v) is 12.4. The van der Waals surface area contributed by atoms with Crippen molar-refractivity contribution in [3.8, 4) is 5.75 Å². The Bertz CT molecular complexity index is 710. The lowest BCUT2D eigenvalue weighted by atomic mass is 10.1. The molecule has 1 amide bonds. The van der Waals surface area contributed by atoms with Crippen LogP contribution in [0, 0.1) is 13.8 Å². The molecule has 2 rings (SSSR count). The largest absolute Gasteiger partial charge is 0.483 e. The second kappa shape index (κ2) is 6.76. The highest BCUT2D eigenvalue weighted by molar-refractivity contribution is 6.00. The summed E-state index contributed by atoms with van der Waals surface area (Å²) in [5.74, 6) is -0.868. The highest BCUT2D eigenvalue weighted by Crippen LogP contribution is 2.19. The molecule has 0 heterocycles. The minimum atomic E-state index is -1.09. The van der Waals surface area contributed by atoms with E-state index in [1.807, 2.05) is 32.0 Å². The van der Waals surface area contributed by atoms with Gasteiger partial charge in [0, 0.05) is 0 Å². The van der Waals surface area contributed by atoms with Gasteiger partial charge < -0.3 is 15.2 Å². The van der Waals surface area contributed by atoms with Crippen molar-refractivity contribution >= 4 is 17.6 Å². The Morgan fingerprint density at radius 3 is 2.55 bits per heavy atom. The number of aromatic carboxylic acids is 1. The van der Waals surface area contributed by atoms with Crippen LogP contribution in [0.25, 0.3) is 0 Å². The van der Waals surface area contributed by atoms with E-state index in [0.29, 0.717) is 5.75 Å². The van der Waals surface area contributed by atoms with Crippen molar-refractivity contribution in [1.29, 1.82) is 0 Å². The average Bonchev–Trinajstić information content (AvgIpc) is 2.46. The summed E-state index contributed by atoms with van der Waals surface area (Å²) in [4.78, 5) is 23.0. The molecular formula is C17H17NO4. The van der Waals surface area contributed by atoms with E-state index in [0.717, 1.165) is 11.1 Å². The lowest BCUT2D eigenvalue weighted by molar-refractivity contribution is -0.118. The van der Waals surface area contributed by atoms with Gasteiger partial charge in [-0.2, -0.15) is 0 Å². The summed E-state index contributed by atoms with van der Waals surface area (Å²) in [7, 11) is 0. The van der Waals surface area contributed by atoms with E-state index in [-0.39, 0.29) is 17.9 Å². The fourth-order valence-corrected chi connectivity index (χ4v) is 2.07. The molecule has 0 spiro atoms. The molecule has 2 N–H and O–H groups in total. The molecule has 22 heavy (non-hydrogen) atoms. The zero-order valence-electron chi connectivity index (χ0n) is 12.4. The summed E-state index contributed by atoms with van der Waals surface area (Å²) in [6.07, 6.45) is 0. The second-order valence-electron chi connectivity index (χ2n) is 4.96. The van der Waals surface area contributed by atoms with E-state index in [9.17, 15) is 9.59 Å². The standard InChI is InChI=1S/C17H17NO4/c1-11-7-8-15(12(2)9-11)22-10-16(19)18-14-6-4-3-5-13(14)17(20)21/h3-9H,10H2,1-2H3,(H,18,19)(H,20,21). The Balaban J connectivity index is 2.00. The van der Waals surface area contributed by atoms with Crippen LogP contribution in [-0.2, 0) is 4.79 Å². The van der Waals surface area contributed by atoms with Crippen LogP contribution in [0.2, 0.25) is 0 Å². The van der Waals surface area contributed by atoms with Gasteiger partial charge in [0.1, 0.15) is 5.75 Å². The summed E-state index contributed by atoms with van der Waals surface area (Å²) >= 11 is 0. The highest BCUT2D eigenvalue weighted by atomic mass is 16.5. The van der Waals surface area contributed by atoms with Crippen LogP contribution >= 0.6 is 0 Å². The molecule has 0 atom stereocenters. The molecule has 2 aromatic carbocycles. The first-order valence-electron chi connectivity index (χ1n) is 6.79. The quantitative estimate of drug-likeness (QED) is 0.890. The number of benzene rings is 2. The summed E-state index contributed by atoms with van der Waals surface area (Å²) in [5.41, 5.74) is 2.36. The van der Waals surface area contributed by atoms with Crippen LogP contribution in [-0.4, -0.2) is 23.6 Å². The molecule has 0 saturated heterocycles. The van der Waals surface area contributed by atoms with Gasteiger partial charge in [0.25, 0.3) is 5.91 Å². The number of hydrogen-bond acceptors (Lipinski definition) is 3. The molecule has 0 aliphatic carbocycles. The molecule has 0 bridgehead atoms. The van der Waals surface area contributed by atoms with Crippen molar-refractivity contribution in [3.05, 3.63) is 59.2 Å². The molecule has 0 aliphatic heterocycles. The van der Waals surface area contributed by atoms with E-state index < -0.39 is 11.9 Å². The summed E-state index contributed by atoms with van der Waals surface area (Å²) in [6, 6.07) is 11.9. The number of rotatable bonds is 5. The third kappa shape index (κ3) is 3.85. The van der Waals surface area contributed by atoms with Gasteiger partial charge in [-0.05, 0) is 37.6 Å². The topological polar surface area (TPSA) is 75.6 Å². The van der Waals surface area contributed by atoms with Gasteiger partial charge in [0.05, 0.1) is 11.3 Å². The van der Waals surface area contributed by atoms with Gasteiger partial charge in [-0.3, -0.25) is 4.79 Å². The lowest BCUT2D eigenvalue weighted by Gasteiger charge is -2.11. The fourth-order valence-electron chi connectivity index (χ4n) is 2.07. The minimum Gasteiger partial charge on any atom is -0.483 e. The number of carbonyl (C=O) groups excluding carboxylic acids is 1. The fraction of sp³-hybridized carbons (Fsp3) is 0.176. The maximum absolute atomic E-state index is 11.9. The van der Waals surface area contributed by atoms with E-state index in [1.54, 1.807) is 18.2 Å². The first-order chi connectivity index (χ1) is 10.5. The number of anilines is 1. The summed E-state index contributed by atoms with van der Waals surface area (Å²) < 4.78 is 5.47. The van der Waals surface area contributed by atoms with Crippen LogP contribution in [0.15, 0.2) is 42.5 Å². The van der Waals surface area contributed by atoms with E-state index in [1.165, 1.54) is 6.07 Å². The van der Waals surface area contributed by atoms with Crippen molar-refractivity contribution in [2.24, 2.45) is 0 Å². The number of para-hydroxylation sites is 1. The van der Waals surface area contributed by atoms with Crippen molar-refractivity contribution in [2.45, 2.75) is 13.8 Å². The molecule has 0 fully saturated rings. The van der Waals surface area contributed by atoms with Crippen molar-refractivity contribution < 1.29 is 19.4 Å². The van der Waals surface area contributed by atoms with Crippen molar-refractivity contribution in [1.82, 2.24) is 0 Å². The Kier molecular flexibility index (Phi) is 4.78. The molecule has 114 valence electrons. The Morgan fingerprint density at radius 1 is 1.14 bits per heavy atom. The number of ether oxygens (including phenoxy) is 1. The van der Waals surface area contributed by atoms with Crippen LogP contribution in [0.3, 0.4) is 0 Å². The third-order valence-corrected chi connectivity index (χ3v) is 3.12. The molecule has 5 nitrogen and oxygen atoms in total. The normalized spacial score (nSPS) is 10.1. The summed E-state index contributed by atoms with van der Waals surface area (Å²) in [5, 5.41) is 11.6. The van der Waals surface area contributed by atoms with E-state index in [4.69, 9.17) is 9.84 Å². The number of hydrogen-bond donors (Lipinski definition) is 2. The van der Waals surface area contributed by atoms with Crippen LogP contribution < -0.4 is 10.1 Å². The van der Waals surface area contributed by atoms with Gasteiger partial charge in [-0.1, -0.05) is 29.8 Å². The maximum Gasteiger partial charge on any atom is 0.337 e. The third-order valence-electron chi connectivity index (χ3n) is 3.12. The lowest BCUT2D eigenvalue weighted by Crippen LogP contribution is -2.21. The molecule has 5 heteroatoms. The number of carboxylic acid groups (broad SMARTS) is 1. The number of nitrogens with one attached hydrogen (secondary N) is 1. The molecule has 0 saturated carbocycles. The molecule has 0 aliphatic rings. The number of aryl methyl sites for hydroxylation is 2. The SMILES string of the molecule is Cc1ccc(OCC(=O)Nc2ccccc2C(=O)O)c(C)c1. The van der Waals surface area contributed by atoms with Gasteiger partial charge in [0.15, 0.2) is 6.61 Å². The predicted molar refractivity (Wildman–Crippen MR) is 83.4 cm³/mol. The second-order valence-corrected chi connectivity index (χ2v) is 4.96. The molecular weight excluding hydrogens is 282 g/mol.